The number of rotatable bonds is 5. The van der Waals surface area contributed by atoms with E-state index in [-0.39, 0.29) is 6.10 Å². The quantitative estimate of drug-likeness (QED) is 0.733. The average molecular weight is 341 g/mol. The molecule has 0 spiro atoms. The first kappa shape index (κ1) is 18.3. The number of ether oxygens (including phenoxy) is 2. The van der Waals surface area contributed by atoms with Gasteiger partial charge in [0.25, 0.3) is 0 Å². The molecule has 0 saturated carbocycles. The zero-order chi connectivity index (χ0) is 17.2. The van der Waals surface area contributed by atoms with E-state index >= 15 is 0 Å². The molecule has 0 aromatic rings. The van der Waals surface area contributed by atoms with Gasteiger partial charge in [0.15, 0.2) is 6.23 Å². The Bertz CT molecular complexity index is 555. The van der Waals surface area contributed by atoms with Crippen LogP contribution in [-0.4, -0.2) is 80.3 Å². The zero-order valence-corrected chi connectivity index (χ0v) is 15.3. The Kier molecular flexibility index (Phi) is 5.74. The number of likely N-dealkylation sites (N-methyl/N-ethyl adjacent to an activating group) is 1. The predicted octanol–water partition coefficient (Wildman–Crippen LogP) is 1.10. The highest BCUT2D eigenvalue weighted by molar-refractivity contribution is 7.72. The Balaban J connectivity index is 2.10. The number of nitrogens with zero attached hydrogens (tertiary/aromatic N) is 2. The Morgan fingerprint density at radius 1 is 1.52 bits per heavy atom. The second-order valence-electron chi connectivity index (χ2n) is 6.59. The van der Waals surface area contributed by atoms with Crippen molar-refractivity contribution in [2.24, 2.45) is 4.99 Å². The van der Waals surface area contributed by atoms with Crippen LogP contribution in [0.3, 0.4) is 0 Å². The average Bonchev–Trinajstić information content (AvgIpc) is 2.80. The summed E-state index contributed by atoms with van der Waals surface area (Å²) in [5.74, 6) is 1.29. The Hall–Kier alpha value is -1.07. The van der Waals surface area contributed by atoms with Crippen LogP contribution in [0, 0.1) is 0 Å². The van der Waals surface area contributed by atoms with Gasteiger partial charge in [0, 0.05) is 20.4 Å². The lowest BCUT2D eigenvalue weighted by molar-refractivity contribution is -0.0697. The van der Waals surface area contributed by atoms with E-state index in [1.54, 1.807) is 14.2 Å². The Morgan fingerprint density at radius 3 is 2.74 bits per heavy atom. The minimum Gasteiger partial charge on any atom is -0.388 e. The maximum atomic E-state index is 10.5. The summed E-state index contributed by atoms with van der Waals surface area (Å²) in [7, 11) is 3.39. The van der Waals surface area contributed by atoms with E-state index in [4.69, 9.17) is 9.47 Å². The smallest absolute Gasteiger partial charge is 0.164 e. The summed E-state index contributed by atoms with van der Waals surface area (Å²) in [6.07, 6.45) is 7.84. The fourth-order valence-corrected chi connectivity index (χ4v) is 3.71. The molecule has 0 aliphatic carbocycles. The van der Waals surface area contributed by atoms with E-state index in [9.17, 15) is 5.11 Å². The molecule has 0 aromatic carbocycles. The van der Waals surface area contributed by atoms with E-state index in [0.717, 1.165) is 18.4 Å². The third-order valence-corrected chi connectivity index (χ3v) is 5.54. The molecule has 130 valence electrons. The molecule has 23 heavy (non-hydrogen) atoms. The first-order valence-corrected chi connectivity index (χ1v) is 10.8. The van der Waals surface area contributed by atoms with Gasteiger partial charge in [-0.25, -0.2) is 4.99 Å². The van der Waals surface area contributed by atoms with Crippen molar-refractivity contribution < 1.29 is 14.6 Å². The molecule has 0 radical (unpaired) electrons. The molecule has 2 aliphatic heterocycles. The second kappa shape index (κ2) is 7.22. The molecule has 1 fully saturated rings. The third-order valence-electron chi connectivity index (χ3n) is 4.07. The van der Waals surface area contributed by atoms with Gasteiger partial charge >= 0.3 is 0 Å². The first-order chi connectivity index (χ1) is 10.8. The molecule has 1 unspecified atom stereocenters. The van der Waals surface area contributed by atoms with Gasteiger partial charge in [-0.3, -0.25) is 0 Å². The van der Waals surface area contributed by atoms with Crippen LogP contribution < -0.4 is 5.32 Å². The van der Waals surface area contributed by atoms with Gasteiger partial charge in [-0.2, -0.15) is 0 Å². The summed E-state index contributed by atoms with van der Waals surface area (Å²) in [5.41, 5.74) is 0. The fourth-order valence-electron chi connectivity index (χ4n) is 2.75. The zero-order valence-electron chi connectivity index (χ0n) is 14.4. The summed E-state index contributed by atoms with van der Waals surface area (Å²) in [6.45, 7) is 7.18. The number of nitrogens with one attached hydrogen (secondary N) is 1. The van der Waals surface area contributed by atoms with Crippen molar-refractivity contribution in [2.45, 2.75) is 31.0 Å². The highest BCUT2D eigenvalue weighted by atomic mass is 31.2. The topological polar surface area (TPSA) is 66.3 Å². The second-order valence-corrected chi connectivity index (χ2v) is 10.9. The Labute approximate surface area is 138 Å². The number of amidine groups is 1. The monoisotopic (exact) mass is 341 g/mol. The van der Waals surface area contributed by atoms with Crippen molar-refractivity contribution in [1.82, 2.24) is 10.2 Å². The van der Waals surface area contributed by atoms with Crippen LogP contribution in [-0.2, 0) is 9.47 Å². The van der Waals surface area contributed by atoms with Gasteiger partial charge in [0.1, 0.15) is 23.9 Å². The van der Waals surface area contributed by atoms with Crippen LogP contribution in [0.4, 0.5) is 0 Å². The van der Waals surface area contributed by atoms with Gasteiger partial charge in [0.2, 0.25) is 0 Å². The van der Waals surface area contributed by atoms with Gasteiger partial charge in [-0.05, 0) is 32.0 Å². The number of aliphatic hydroxyl groups excluding tert-OH is 1. The number of hydrogen-bond donors (Lipinski definition) is 2. The molecule has 0 amide bonds. The Morgan fingerprint density at radius 2 is 2.22 bits per heavy atom. The van der Waals surface area contributed by atoms with E-state index in [2.05, 4.69) is 36.5 Å². The number of aliphatic imine (C=N–C) groups is 1. The maximum Gasteiger partial charge on any atom is 0.164 e. The predicted molar refractivity (Wildman–Crippen MR) is 97.5 cm³/mol. The molecule has 6 nitrogen and oxygen atoms in total. The molecule has 2 aliphatic rings. The van der Waals surface area contributed by atoms with Crippen LogP contribution in [0.5, 0.6) is 0 Å². The standard InChI is InChI=1S/C16H28N3O3P/c1-11-18-13(17-2)7-9-19(11)16-15(21-3)14(20)12(22-16)8-10-23(4,5)6/h7,9,12,14-16,20H,1,4,8,10H2,2-3,5-6H3,(H,17,18)/t12-,14-,15-,16?/m1/s1. The maximum absolute atomic E-state index is 10.5. The lowest BCUT2D eigenvalue weighted by Crippen LogP contribution is -2.43. The van der Waals surface area contributed by atoms with E-state index in [1.807, 2.05) is 17.2 Å². The normalized spacial score (nSPS) is 31.4. The summed E-state index contributed by atoms with van der Waals surface area (Å²) < 4.78 is 11.6. The SMILES string of the molecule is C=C1N=C(NC)C=CN1C1O[C@H](CCP(=C)(C)C)[C@@H](O)[C@H]1OC. The molecule has 7 heteroatoms. The highest BCUT2D eigenvalue weighted by Crippen LogP contribution is 2.39. The summed E-state index contributed by atoms with van der Waals surface area (Å²) in [4.78, 5) is 6.17. The van der Waals surface area contributed by atoms with Crippen LogP contribution in [0.25, 0.3) is 0 Å². The van der Waals surface area contributed by atoms with Crippen LogP contribution in [0.15, 0.2) is 29.7 Å². The highest BCUT2D eigenvalue weighted by Gasteiger charge is 2.46. The molecule has 2 rings (SSSR count). The van der Waals surface area contributed by atoms with Crippen LogP contribution >= 0.6 is 6.89 Å². The van der Waals surface area contributed by atoms with Crippen molar-refractivity contribution >= 4 is 19.0 Å². The van der Waals surface area contributed by atoms with Crippen molar-refractivity contribution in [1.29, 1.82) is 0 Å². The van der Waals surface area contributed by atoms with Crippen molar-refractivity contribution in [3.05, 3.63) is 24.7 Å². The number of methoxy groups -OCH3 is 1. The van der Waals surface area contributed by atoms with Crippen molar-refractivity contribution in [2.75, 3.05) is 33.6 Å². The largest absolute Gasteiger partial charge is 0.388 e. The van der Waals surface area contributed by atoms with E-state index in [1.165, 1.54) is 0 Å². The summed E-state index contributed by atoms with van der Waals surface area (Å²) >= 11 is 0. The van der Waals surface area contributed by atoms with Gasteiger partial charge in [-0.1, -0.05) is 6.58 Å². The lowest BCUT2D eigenvalue weighted by atomic mass is 10.1. The fraction of sp³-hybridized carbons (Fsp3) is 0.625. The third kappa shape index (κ3) is 4.27. The molecular weight excluding hydrogens is 313 g/mol. The minimum absolute atomic E-state index is 0.262. The van der Waals surface area contributed by atoms with E-state index < -0.39 is 25.3 Å². The van der Waals surface area contributed by atoms with Crippen LogP contribution in [0.2, 0.25) is 0 Å². The first-order valence-electron chi connectivity index (χ1n) is 7.72. The van der Waals surface area contributed by atoms with Crippen molar-refractivity contribution in [3.63, 3.8) is 0 Å². The summed E-state index contributed by atoms with van der Waals surface area (Å²) in [5, 5.41) is 13.5. The van der Waals surface area contributed by atoms with Gasteiger partial charge in [-0.15, -0.1) is 13.2 Å². The van der Waals surface area contributed by atoms with Gasteiger partial charge in [0.05, 0.1) is 6.10 Å². The molecule has 2 N–H and O–H groups in total. The van der Waals surface area contributed by atoms with E-state index in [0.29, 0.717) is 5.82 Å². The molecule has 2 heterocycles. The summed E-state index contributed by atoms with van der Waals surface area (Å²) in [6, 6.07) is 0. The molecule has 4 atom stereocenters. The van der Waals surface area contributed by atoms with Crippen molar-refractivity contribution in [3.8, 4) is 0 Å². The van der Waals surface area contributed by atoms with Crippen LogP contribution in [0.1, 0.15) is 6.42 Å². The lowest BCUT2D eigenvalue weighted by Gasteiger charge is -2.32. The molecular formula is C16H28N3O3P. The molecule has 0 bridgehead atoms. The number of hydrogen-bond acceptors (Lipinski definition) is 6. The molecule has 0 aromatic heterocycles. The van der Waals surface area contributed by atoms with Gasteiger partial charge < -0.3 is 24.8 Å². The minimum atomic E-state index is -1.16. The number of aliphatic hydroxyl groups is 1. The molecule has 1 saturated heterocycles.